The SMILES string of the molecule is COc1cc(C=CC=Cc2ccccc2)cc(OC)c1OC. The molecular weight excluding hydrogens is 276 g/mol. The number of hydrogen-bond acceptors (Lipinski definition) is 3. The third-order valence-electron chi connectivity index (χ3n) is 3.18. The minimum absolute atomic E-state index is 0.599. The monoisotopic (exact) mass is 296 g/mol. The van der Waals surface area contributed by atoms with E-state index in [4.69, 9.17) is 14.2 Å². The minimum atomic E-state index is 0.599. The molecule has 0 saturated carbocycles. The summed E-state index contributed by atoms with van der Waals surface area (Å²) in [4.78, 5) is 0. The molecule has 0 radical (unpaired) electrons. The zero-order valence-electron chi connectivity index (χ0n) is 13.1. The number of benzene rings is 2. The Morgan fingerprint density at radius 3 is 1.73 bits per heavy atom. The van der Waals surface area contributed by atoms with Gasteiger partial charge in [-0.3, -0.25) is 0 Å². The molecule has 22 heavy (non-hydrogen) atoms. The van der Waals surface area contributed by atoms with Gasteiger partial charge >= 0.3 is 0 Å². The highest BCUT2D eigenvalue weighted by Crippen LogP contribution is 2.38. The Kier molecular flexibility index (Phi) is 5.66. The molecule has 0 aliphatic rings. The van der Waals surface area contributed by atoms with Crippen LogP contribution in [0.5, 0.6) is 17.2 Å². The Hall–Kier alpha value is -2.68. The Morgan fingerprint density at radius 1 is 0.682 bits per heavy atom. The largest absolute Gasteiger partial charge is 0.493 e. The fourth-order valence-electron chi connectivity index (χ4n) is 2.10. The van der Waals surface area contributed by atoms with E-state index in [1.54, 1.807) is 21.3 Å². The van der Waals surface area contributed by atoms with Gasteiger partial charge in [-0.1, -0.05) is 54.6 Å². The van der Waals surface area contributed by atoms with Crippen molar-refractivity contribution in [3.8, 4) is 17.2 Å². The Morgan fingerprint density at radius 2 is 1.23 bits per heavy atom. The summed E-state index contributed by atoms with van der Waals surface area (Å²) in [6.07, 6.45) is 8.02. The van der Waals surface area contributed by atoms with Gasteiger partial charge < -0.3 is 14.2 Å². The minimum Gasteiger partial charge on any atom is -0.493 e. The Bertz CT molecular complexity index is 633. The van der Waals surface area contributed by atoms with Crippen molar-refractivity contribution in [1.82, 2.24) is 0 Å². The second-order valence-electron chi connectivity index (χ2n) is 4.59. The zero-order chi connectivity index (χ0) is 15.8. The molecule has 0 heterocycles. The molecule has 0 amide bonds. The van der Waals surface area contributed by atoms with Crippen LogP contribution in [0.15, 0.2) is 54.6 Å². The fraction of sp³-hybridized carbons (Fsp3) is 0.158. The maximum absolute atomic E-state index is 5.34. The van der Waals surface area contributed by atoms with Crippen LogP contribution in [-0.2, 0) is 0 Å². The normalized spacial score (nSPS) is 11.0. The lowest BCUT2D eigenvalue weighted by Crippen LogP contribution is -1.95. The summed E-state index contributed by atoms with van der Waals surface area (Å²) >= 11 is 0. The molecule has 0 aromatic heterocycles. The summed E-state index contributed by atoms with van der Waals surface area (Å²) < 4.78 is 16.0. The van der Waals surface area contributed by atoms with Crippen LogP contribution in [0, 0.1) is 0 Å². The molecule has 0 N–H and O–H groups in total. The molecule has 3 nitrogen and oxygen atoms in total. The molecular formula is C19H20O3. The molecule has 0 aliphatic carbocycles. The van der Waals surface area contributed by atoms with E-state index in [2.05, 4.69) is 18.2 Å². The van der Waals surface area contributed by atoms with Crippen molar-refractivity contribution in [2.24, 2.45) is 0 Å². The average Bonchev–Trinajstić information content (AvgIpc) is 2.58. The lowest BCUT2D eigenvalue weighted by Gasteiger charge is -2.12. The van der Waals surface area contributed by atoms with Gasteiger partial charge in [0.05, 0.1) is 21.3 Å². The molecule has 0 aliphatic heterocycles. The lowest BCUT2D eigenvalue weighted by atomic mass is 10.1. The van der Waals surface area contributed by atoms with Crippen LogP contribution >= 0.6 is 0 Å². The zero-order valence-corrected chi connectivity index (χ0v) is 13.1. The van der Waals surface area contributed by atoms with E-state index in [1.165, 1.54) is 0 Å². The highest BCUT2D eigenvalue weighted by atomic mass is 16.5. The highest BCUT2D eigenvalue weighted by molar-refractivity contribution is 5.64. The van der Waals surface area contributed by atoms with Crippen molar-refractivity contribution >= 4 is 12.2 Å². The smallest absolute Gasteiger partial charge is 0.203 e. The van der Waals surface area contributed by atoms with Crippen molar-refractivity contribution < 1.29 is 14.2 Å². The van der Waals surface area contributed by atoms with E-state index in [0.29, 0.717) is 17.2 Å². The van der Waals surface area contributed by atoms with Crippen LogP contribution in [0.2, 0.25) is 0 Å². The highest BCUT2D eigenvalue weighted by Gasteiger charge is 2.11. The summed E-state index contributed by atoms with van der Waals surface area (Å²) in [5.41, 5.74) is 2.14. The molecule has 2 aromatic carbocycles. The van der Waals surface area contributed by atoms with Gasteiger partial charge in [0.25, 0.3) is 0 Å². The van der Waals surface area contributed by atoms with Crippen LogP contribution in [0.4, 0.5) is 0 Å². The first kappa shape index (κ1) is 15.7. The molecule has 0 atom stereocenters. The number of hydrogen-bond donors (Lipinski definition) is 0. The predicted molar refractivity (Wildman–Crippen MR) is 90.6 cm³/mol. The van der Waals surface area contributed by atoms with E-state index in [9.17, 15) is 0 Å². The van der Waals surface area contributed by atoms with Crippen molar-refractivity contribution in [3.63, 3.8) is 0 Å². The predicted octanol–water partition coefficient (Wildman–Crippen LogP) is 4.44. The lowest BCUT2D eigenvalue weighted by molar-refractivity contribution is 0.324. The van der Waals surface area contributed by atoms with Gasteiger partial charge in [-0.15, -0.1) is 0 Å². The van der Waals surface area contributed by atoms with E-state index in [-0.39, 0.29) is 0 Å². The third kappa shape index (κ3) is 3.92. The molecule has 0 bridgehead atoms. The average molecular weight is 296 g/mol. The van der Waals surface area contributed by atoms with Gasteiger partial charge in [0.15, 0.2) is 11.5 Å². The third-order valence-corrected chi connectivity index (χ3v) is 3.18. The fourth-order valence-corrected chi connectivity index (χ4v) is 2.10. The van der Waals surface area contributed by atoms with Crippen LogP contribution in [0.3, 0.4) is 0 Å². The Labute approximate surface area is 131 Å². The van der Waals surface area contributed by atoms with Crippen LogP contribution in [0.25, 0.3) is 12.2 Å². The summed E-state index contributed by atoms with van der Waals surface area (Å²) in [5, 5.41) is 0. The van der Waals surface area contributed by atoms with Crippen LogP contribution in [0.1, 0.15) is 11.1 Å². The van der Waals surface area contributed by atoms with Crippen LogP contribution in [-0.4, -0.2) is 21.3 Å². The molecule has 0 spiro atoms. The second kappa shape index (κ2) is 7.93. The summed E-state index contributed by atoms with van der Waals surface area (Å²) in [5.74, 6) is 1.89. The van der Waals surface area contributed by atoms with Crippen molar-refractivity contribution in [3.05, 3.63) is 65.7 Å². The summed E-state index contributed by atoms with van der Waals surface area (Å²) in [7, 11) is 4.82. The van der Waals surface area contributed by atoms with Crippen LogP contribution < -0.4 is 14.2 Å². The van der Waals surface area contributed by atoms with E-state index in [1.807, 2.05) is 48.6 Å². The van der Waals surface area contributed by atoms with E-state index in [0.717, 1.165) is 11.1 Å². The molecule has 2 rings (SSSR count). The van der Waals surface area contributed by atoms with Gasteiger partial charge in [0, 0.05) is 0 Å². The van der Waals surface area contributed by atoms with Gasteiger partial charge in [-0.2, -0.15) is 0 Å². The first-order chi connectivity index (χ1) is 10.8. The van der Waals surface area contributed by atoms with Crippen molar-refractivity contribution in [1.29, 1.82) is 0 Å². The van der Waals surface area contributed by atoms with Gasteiger partial charge in [0.1, 0.15) is 0 Å². The van der Waals surface area contributed by atoms with Crippen molar-refractivity contribution in [2.75, 3.05) is 21.3 Å². The standard InChI is InChI=1S/C19H20O3/c1-20-17-13-16(14-18(21-2)19(17)22-3)12-8-7-11-15-9-5-4-6-10-15/h4-14H,1-3H3. The molecule has 3 heteroatoms. The van der Waals surface area contributed by atoms with E-state index >= 15 is 0 Å². The summed E-state index contributed by atoms with van der Waals surface area (Å²) in [6, 6.07) is 14.0. The maximum Gasteiger partial charge on any atom is 0.203 e. The molecule has 114 valence electrons. The van der Waals surface area contributed by atoms with Gasteiger partial charge in [-0.05, 0) is 23.3 Å². The van der Waals surface area contributed by atoms with Gasteiger partial charge in [-0.25, -0.2) is 0 Å². The quantitative estimate of drug-likeness (QED) is 0.738. The number of methoxy groups -OCH3 is 3. The molecule has 0 saturated heterocycles. The second-order valence-corrected chi connectivity index (χ2v) is 4.59. The van der Waals surface area contributed by atoms with Crippen molar-refractivity contribution in [2.45, 2.75) is 0 Å². The summed E-state index contributed by atoms with van der Waals surface area (Å²) in [6.45, 7) is 0. The molecule has 0 fully saturated rings. The number of rotatable bonds is 6. The molecule has 0 unspecified atom stereocenters. The number of ether oxygens (including phenoxy) is 3. The first-order valence-electron chi connectivity index (χ1n) is 6.98. The molecule has 2 aromatic rings. The van der Waals surface area contributed by atoms with Gasteiger partial charge in [0.2, 0.25) is 5.75 Å². The first-order valence-corrected chi connectivity index (χ1v) is 6.98. The topological polar surface area (TPSA) is 27.7 Å². The Balaban J connectivity index is 2.19. The van der Waals surface area contributed by atoms with E-state index < -0.39 is 0 Å². The maximum atomic E-state index is 5.34. The number of allylic oxidation sites excluding steroid dienone is 2.